The van der Waals surface area contributed by atoms with Gasteiger partial charge in [-0.05, 0) is 48.6 Å². The van der Waals surface area contributed by atoms with Gasteiger partial charge in [0.2, 0.25) is 0 Å². The lowest BCUT2D eigenvalue weighted by Crippen LogP contribution is -2.37. The van der Waals surface area contributed by atoms with Gasteiger partial charge in [0.25, 0.3) is 16.8 Å². The Morgan fingerprint density at radius 3 is 2.32 bits per heavy atom. The molecule has 1 amide bonds. The van der Waals surface area contributed by atoms with Crippen LogP contribution in [-0.2, 0) is 0 Å². The van der Waals surface area contributed by atoms with Crippen molar-refractivity contribution < 1.29 is 14.3 Å². The first-order valence-corrected chi connectivity index (χ1v) is 9.94. The molecule has 1 aliphatic rings. The average molecular weight is 423 g/mol. The number of amides is 1. The van der Waals surface area contributed by atoms with Gasteiger partial charge in [-0.1, -0.05) is 18.2 Å². The Balaban J connectivity index is 1.63. The summed E-state index contributed by atoms with van der Waals surface area (Å²) in [5.41, 5.74) is -0.171. The highest BCUT2D eigenvalue weighted by Gasteiger charge is 2.35. The minimum atomic E-state index is -0.708. The standard InChI is InChI=1S/C23H22FN3O4/c1-27(2)23(31)15-4-3-5-16(20(15)28)25-18-19(22(30)21(18)29)26-17(12-6-7-12)13-8-10-14(24)11-9-13/h3-5,8-12,17,25-26,28H,6-7H2,1-2H3/t17-/m1/s1. The van der Waals surface area contributed by atoms with Crippen LogP contribution >= 0.6 is 0 Å². The van der Waals surface area contributed by atoms with Crippen molar-refractivity contribution in [2.24, 2.45) is 5.92 Å². The predicted octanol–water partition coefficient (Wildman–Crippen LogP) is 3.14. The van der Waals surface area contributed by atoms with Crippen molar-refractivity contribution >= 4 is 23.0 Å². The number of rotatable bonds is 7. The van der Waals surface area contributed by atoms with Crippen LogP contribution in [0.4, 0.5) is 21.5 Å². The average Bonchev–Trinajstić information content (AvgIpc) is 3.59. The van der Waals surface area contributed by atoms with Crippen molar-refractivity contribution in [2.75, 3.05) is 24.7 Å². The van der Waals surface area contributed by atoms with Gasteiger partial charge in [0.1, 0.15) is 17.2 Å². The molecule has 3 aromatic rings. The molecule has 1 fully saturated rings. The largest absolute Gasteiger partial charge is 0.505 e. The van der Waals surface area contributed by atoms with Gasteiger partial charge < -0.3 is 20.6 Å². The first-order valence-electron chi connectivity index (χ1n) is 9.94. The number of aromatic hydroxyl groups is 1. The molecule has 1 atom stereocenters. The Morgan fingerprint density at radius 1 is 1.06 bits per heavy atom. The summed E-state index contributed by atoms with van der Waals surface area (Å²) in [5, 5.41) is 16.5. The summed E-state index contributed by atoms with van der Waals surface area (Å²) in [4.78, 5) is 38.1. The zero-order chi connectivity index (χ0) is 22.3. The molecule has 0 bridgehead atoms. The monoisotopic (exact) mass is 423 g/mol. The molecule has 0 aromatic heterocycles. The van der Waals surface area contributed by atoms with E-state index in [0.717, 1.165) is 18.4 Å². The van der Waals surface area contributed by atoms with Crippen molar-refractivity contribution in [1.82, 2.24) is 4.90 Å². The highest BCUT2D eigenvalue weighted by molar-refractivity contribution is 5.99. The number of carbonyl (C=O) groups is 1. The van der Waals surface area contributed by atoms with E-state index in [2.05, 4.69) is 10.6 Å². The highest BCUT2D eigenvalue weighted by atomic mass is 19.1. The highest BCUT2D eigenvalue weighted by Crippen LogP contribution is 2.43. The molecule has 7 nitrogen and oxygen atoms in total. The molecule has 4 rings (SSSR count). The molecule has 0 aliphatic heterocycles. The van der Waals surface area contributed by atoms with E-state index < -0.39 is 16.8 Å². The number of hydrogen-bond donors (Lipinski definition) is 3. The molecular weight excluding hydrogens is 401 g/mol. The second kappa shape index (κ2) is 7.86. The first kappa shape index (κ1) is 20.6. The van der Waals surface area contributed by atoms with E-state index in [9.17, 15) is 23.9 Å². The molecule has 1 aliphatic carbocycles. The molecular formula is C23H22FN3O4. The topological polar surface area (TPSA) is 98.7 Å². The SMILES string of the molecule is CN(C)C(=O)c1cccc(Nc2c(N[C@@H](c3ccc(F)cc3)C3CC3)c(=O)c2=O)c1O. The van der Waals surface area contributed by atoms with E-state index in [-0.39, 0.29) is 46.2 Å². The maximum atomic E-state index is 13.3. The molecule has 0 saturated heterocycles. The fourth-order valence-corrected chi connectivity index (χ4v) is 3.57. The minimum Gasteiger partial charge on any atom is -0.505 e. The third-order valence-electron chi connectivity index (χ3n) is 5.47. The van der Waals surface area contributed by atoms with Crippen LogP contribution in [0.5, 0.6) is 5.75 Å². The van der Waals surface area contributed by atoms with E-state index in [1.807, 2.05) is 0 Å². The second-order valence-corrected chi connectivity index (χ2v) is 7.95. The van der Waals surface area contributed by atoms with E-state index in [0.29, 0.717) is 0 Å². The normalized spacial score (nSPS) is 14.3. The van der Waals surface area contributed by atoms with Gasteiger partial charge in [0.05, 0.1) is 17.3 Å². The van der Waals surface area contributed by atoms with E-state index in [4.69, 9.17) is 0 Å². The summed E-state index contributed by atoms with van der Waals surface area (Å²) in [7, 11) is 3.13. The first-order chi connectivity index (χ1) is 14.8. The number of carbonyl (C=O) groups excluding carboxylic acids is 1. The third kappa shape index (κ3) is 3.88. The molecule has 1 saturated carbocycles. The molecule has 31 heavy (non-hydrogen) atoms. The lowest BCUT2D eigenvalue weighted by Gasteiger charge is -2.23. The van der Waals surface area contributed by atoms with Crippen LogP contribution in [0.15, 0.2) is 52.1 Å². The van der Waals surface area contributed by atoms with Crippen LogP contribution in [0, 0.1) is 11.7 Å². The second-order valence-electron chi connectivity index (χ2n) is 7.95. The number of anilines is 3. The number of hydrogen-bond acceptors (Lipinski definition) is 6. The maximum Gasteiger partial charge on any atom is 0.257 e. The van der Waals surface area contributed by atoms with Crippen molar-refractivity contribution in [3.63, 3.8) is 0 Å². The Morgan fingerprint density at radius 2 is 1.71 bits per heavy atom. The van der Waals surface area contributed by atoms with Gasteiger partial charge in [-0.15, -0.1) is 0 Å². The molecule has 0 radical (unpaired) electrons. The summed E-state index contributed by atoms with van der Waals surface area (Å²) in [6.45, 7) is 0. The van der Waals surface area contributed by atoms with Crippen molar-refractivity contribution in [1.29, 1.82) is 0 Å². The van der Waals surface area contributed by atoms with E-state index in [1.54, 1.807) is 32.3 Å². The van der Waals surface area contributed by atoms with Gasteiger partial charge in [-0.2, -0.15) is 0 Å². The molecule has 8 heteroatoms. The number of halogens is 1. The number of nitrogens with zero attached hydrogens (tertiary/aromatic N) is 1. The Bertz CT molecular complexity index is 1210. The summed E-state index contributed by atoms with van der Waals surface area (Å²) in [5.74, 6) is -0.776. The van der Waals surface area contributed by atoms with Gasteiger partial charge in [-0.3, -0.25) is 14.4 Å². The van der Waals surface area contributed by atoms with Crippen molar-refractivity contribution in [3.05, 3.63) is 79.9 Å². The van der Waals surface area contributed by atoms with E-state index >= 15 is 0 Å². The zero-order valence-electron chi connectivity index (χ0n) is 17.1. The fourth-order valence-electron chi connectivity index (χ4n) is 3.57. The van der Waals surface area contributed by atoms with Crippen LogP contribution in [-0.4, -0.2) is 30.0 Å². The molecule has 3 aromatic carbocycles. The minimum absolute atomic E-state index is 0.0301. The summed E-state index contributed by atoms with van der Waals surface area (Å²) in [6, 6.07) is 10.4. The Hall–Kier alpha value is -3.68. The molecule has 0 spiro atoms. The van der Waals surface area contributed by atoms with E-state index in [1.165, 1.54) is 29.2 Å². The summed E-state index contributed by atoms with van der Waals surface area (Å²) in [6.07, 6.45) is 1.92. The van der Waals surface area contributed by atoms with Crippen LogP contribution < -0.4 is 21.5 Å². The number of nitrogens with one attached hydrogen (secondary N) is 2. The quantitative estimate of drug-likeness (QED) is 0.399. The fraction of sp³-hybridized carbons (Fsp3) is 0.261. The lowest BCUT2D eigenvalue weighted by atomic mass is 10.0. The Kier molecular flexibility index (Phi) is 5.22. The smallest absolute Gasteiger partial charge is 0.257 e. The summed E-state index contributed by atoms with van der Waals surface area (Å²) < 4.78 is 13.3. The van der Waals surface area contributed by atoms with Gasteiger partial charge in [0, 0.05) is 14.1 Å². The number of phenolic OH excluding ortho intramolecular Hbond substituents is 1. The molecule has 0 heterocycles. The number of phenols is 1. The maximum absolute atomic E-state index is 13.3. The Labute approximate surface area is 177 Å². The van der Waals surface area contributed by atoms with Crippen LogP contribution in [0.2, 0.25) is 0 Å². The third-order valence-corrected chi connectivity index (χ3v) is 5.47. The number of benzene rings is 2. The van der Waals surface area contributed by atoms with Crippen molar-refractivity contribution in [2.45, 2.75) is 18.9 Å². The lowest BCUT2D eigenvalue weighted by molar-refractivity contribution is 0.0824. The van der Waals surface area contributed by atoms with Crippen molar-refractivity contribution in [3.8, 4) is 5.75 Å². The van der Waals surface area contributed by atoms with Crippen LogP contribution in [0.25, 0.3) is 0 Å². The van der Waals surface area contributed by atoms with Gasteiger partial charge in [0.15, 0.2) is 5.75 Å². The number of para-hydroxylation sites is 1. The summed E-state index contributed by atoms with van der Waals surface area (Å²) >= 11 is 0. The molecule has 160 valence electrons. The molecule has 3 N–H and O–H groups in total. The van der Waals surface area contributed by atoms with Gasteiger partial charge in [-0.25, -0.2) is 4.39 Å². The predicted molar refractivity (Wildman–Crippen MR) is 116 cm³/mol. The van der Waals surface area contributed by atoms with Crippen LogP contribution in [0.3, 0.4) is 0 Å². The molecule has 0 unspecified atom stereocenters. The van der Waals surface area contributed by atoms with Crippen LogP contribution in [0.1, 0.15) is 34.8 Å². The van der Waals surface area contributed by atoms with Gasteiger partial charge >= 0.3 is 0 Å². The zero-order valence-corrected chi connectivity index (χ0v) is 17.1.